The van der Waals surface area contributed by atoms with Crippen LogP contribution in [-0.2, 0) is 19.9 Å². The van der Waals surface area contributed by atoms with Crippen LogP contribution in [0.1, 0.15) is 37.8 Å². The SMILES string of the molecule is CCc1nn(C)c2c1nc(CCCl)n2C(C)CC(F)(F)F. The van der Waals surface area contributed by atoms with Gasteiger partial charge >= 0.3 is 6.18 Å². The number of rotatable bonds is 5. The minimum absolute atomic E-state index is 0.316. The number of aromatic nitrogens is 4. The minimum atomic E-state index is -4.22. The number of halogens is 4. The zero-order chi connectivity index (χ0) is 15.8. The van der Waals surface area contributed by atoms with E-state index in [-0.39, 0.29) is 0 Å². The van der Waals surface area contributed by atoms with Gasteiger partial charge in [-0.05, 0) is 13.3 Å². The zero-order valence-electron chi connectivity index (χ0n) is 12.2. The molecule has 2 heterocycles. The highest BCUT2D eigenvalue weighted by Crippen LogP contribution is 2.32. The van der Waals surface area contributed by atoms with Gasteiger partial charge in [-0.3, -0.25) is 4.68 Å². The van der Waals surface area contributed by atoms with Gasteiger partial charge in [-0.2, -0.15) is 18.3 Å². The molecular formula is C13H18ClF3N4. The first-order chi connectivity index (χ1) is 9.78. The Balaban J connectivity index is 2.57. The van der Waals surface area contributed by atoms with Gasteiger partial charge in [0.2, 0.25) is 0 Å². The summed E-state index contributed by atoms with van der Waals surface area (Å²) >= 11 is 5.76. The Morgan fingerprint density at radius 3 is 2.52 bits per heavy atom. The Hall–Kier alpha value is -1.24. The number of hydrogen-bond acceptors (Lipinski definition) is 2. The van der Waals surface area contributed by atoms with Crippen LogP contribution in [0.5, 0.6) is 0 Å². The Morgan fingerprint density at radius 1 is 1.33 bits per heavy atom. The Morgan fingerprint density at radius 2 is 2.00 bits per heavy atom. The third-order valence-electron chi connectivity index (χ3n) is 3.43. The van der Waals surface area contributed by atoms with Crippen molar-refractivity contribution in [1.29, 1.82) is 0 Å². The zero-order valence-corrected chi connectivity index (χ0v) is 13.0. The van der Waals surface area contributed by atoms with Gasteiger partial charge in [0, 0.05) is 25.4 Å². The van der Waals surface area contributed by atoms with E-state index in [4.69, 9.17) is 11.6 Å². The molecule has 21 heavy (non-hydrogen) atoms. The first-order valence-electron chi connectivity index (χ1n) is 6.83. The van der Waals surface area contributed by atoms with Crippen molar-refractivity contribution >= 4 is 22.8 Å². The van der Waals surface area contributed by atoms with Crippen molar-refractivity contribution in [3.05, 3.63) is 11.5 Å². The molecule has 2 rings (SSSR count). The summed E-state index contributed by atoms with van der Waals surface area (Å²) in [4.78, 5) is 4.47. The van der Waals surface area contributed by atoms with Crippen molar-refractivity contribution in [1.82, 2.24) is 19.3 Å². The molecule has 0 fully saturated rings. The number of aryl methyl sites for hydroxylation is 3. The lowest BCUT2D eigenvalue weighted by Gasteiger charge is -2.19. The lowest BCUT2D eigenvalue weighted by atomic mass is 10.2. The summed E-state index contributed by atoms with van der Waals surface area (Å²) in [6.07, 6.45) is -4.01. The summed E-state index contributed by atoms with van der Waals surface area (Å²) in [6.45, 7) is 3.49. The molecule has 0 radical (unpaired) electrons. The fourth-order valence-corrected chi connectivity index (χ4v) is 2.81. The number of fused-ring (bicyclic) bond motifs is 1. The first kappa shape index (κ1) is 16.1. The largest absolute Gasteiger partial charge is 0.391 e. The molecule has 0 aliphatic carbocycles. The average Bonchev–Trinajstić information content (AvgIpc) is 2.86. The topological polar surface area (TPSA) is 35.6 Å². The molecule has 0 N–H and O–H groups in total. The number of hydrogen-bond donors (Lipinski definition) is 0. The van der Waals surface area contributed by atoms with E-state index in [1.54, 1.807) is 23.2 Å². The van der Waals surface area contributed by atoms with E-state index in [0.29, 0.717) is 35.7 Å². The number of nitrogens with zero attached hydrogens (tertiary/aromatic N) is 4. The van der Waals surface area contributed by atoms with Gasteiger partial charge in [0.05, 0.1) is 12.1 Å². The van der Waals surface area contributed by atoms with Gasteiger partial charge in [-0.1, -0.05) is 6.92 Å². The molecule has 4 nitrogen and oxygen atoms in total. The lowest BCUT2D eigenvalue weighted by molar-refractivity contribution is -0.141. The van der Waals surface area contributed by atoms with Crippen LogP contribution in [-0.4, -0.2) is 31.4 Å². The standard InChI is InChI=1S/C13H18ClF3N4/c1-4-9-11-12(20(3)19-9)21(10(18-11)5-6-14)8(2)7-13(15,16)17/h8H,4-7H2,1-3H3. The molecule has 0 aliphatic rings. The van der Waals surface area contributed by atoms with Gasteiger partial charge in [0.15, 0.2) is 5.65 Å². The highest BCUT2D eigenvalue weighted by molar-refractivity contribution is 6.17. The van der Waals surface area contributed by atoms with Crippen molar-refractivity contribution in [3.8, 4) is 0 Å². The summed E-state index contributed by atoms with van der Waals surface area (Å²) in [6, 6.07) is -0.742. The predicted octanol–water partition coefficient (Wildman–Crippen LogP) is 3.63. The molecule has 0 aliphatic heterocycles. The van der Waals surface area contributed by atoms with Crippen LogP contribution in [0, 0.1) is 0 Å². The van der Waals surface area contributed by atoms with Gasteiger partial charge < -0.3 is 4.57 Å². The molecule has 0 spiro atoms. The molecule has 0 bridgehead atoms. The molecule has 2 aromatic heterocycles. The summed E-state index contributed by atoms with van der Waals surface area (Å²) in [7, 11) is 1.73. The van der Waals surface area contributed by atoms with Gasteiger partial charge in [0.1, 0.15) is 11.3 Å². The van der Waals surface area contributed by atoms with Crippen molar-refractivity contribution in [2.75, 3.05) is 5.88 Å². The van der Waals surface area contributed by atoms with E-state index in [0.717, 1.165) is 5.69 Å². The summed E-state index contributed by atoms with van der Waals surface area (Å²) in [5.41, 5.74) is 2.10. The predicted molar refractivity (Wildman–Crippen MR) is 75.7 cm³/mol. The van der Waals surface area contributed by atoms with Gasteiger partial charge in [-0.25, -0.2) is 4.98 Å². The Kier molecular flexibility index (Phi) is 4.51. The fraction of sp³-hybridized carbons (Fsp3) is 0.692. The average molecular weight is 323 g/mol. The van der Waals surface area contributed by atoms with Gasteiger partial charge in [-0.15, -0.1) is 11.6 Å². The van der Waals surface area contributed by atoms with Crippen molar-refractivity contribution < 1.29 is 13.2 Å². The van der Waals surface area contributed by atoms with E-state index in [9.17, 15) is 13.2 Å². The summed E-state index contributed by atoms with van der Waals surface area (Å²) in [5, 5.41) is 4.33. The van der Waals surface area contributed by atoms with Crippen molar-refractivity contribution in [3.63, 3.8) is 0 Å². The molecular weight excluding hydrogens is 305 g/mol. The smallest absolute Gasteiger partial charge is 0.310 e. The second-order valence-corrected chi connectivity index (χ2v) is 5.48. The quantitative estimate of drug-likeness (QED) is 0.788. The molecule has 1 unspecified atom stereocenters. The number of imidazole rings is 1. The third kappa shape index (κ3) is 3.17. The van der Waals surface area contributed by atoms with Crippen molar-refractivity contribution in [2.24, 2.45) is 7.05 Å². The van der Waals surface area contributed by atoms with Crippen LogP contribution in [0.25, 0.3) is 11.2 Å². The normalized spacial score (nSPS) is 14.0. The minimum Gasteiger partial charge on any atom is -0.310 e. The van der Waals surface area contributed by atoms with Gasteiger partial charge in [0.25, 0.3) is 0 Å². The summed E-state index contributed by atoms with van der Waals surface area (Å²) in [5.74, 6) is 0.899. The third-order valence-corrected chi connectivity index (χ3v) is 3.62. The Bertz CT molecular complexity index is 629. The Labute approximate surface area is 125 Å². The molecule has 8 heteroatoms. The second-order valence-electron chi connectivity index (χ2n) is 5.10. The van der Waals surface area contributed by atoms with Crippen molar-refractivity contribution in [2.45, 2.75) is 45.3 Å². The van der Waals surface area contributed by atoms with E-state index in [2.05, 4.69) is 10.1 Å². The molecule has 118 valence electrons. The molecule has 0 saturated heterocycles. The molecule has 1 atom stereocenters. The van der Waals surface area contributed by atoms with Crippen LogP contribution >= 0.6 is 11.6 Å². The van der Waals surface area contributed by atoms with Crippen LogP contribution in [0.2, 0.25) is 0 Å². The van der Waals surface area contributed by atoms with E-state index in [1.165, 1.54) is 0 Å². The van der Waals surface area contributed by atoms with E-state index >= 15 is 0 Å². The highest BCUT2D eigenvalue weighted by atomic mass is 35.5. The van der Waals surface area contributed by atoms with Crippen LogP contribution in [0.4, 0.5) is 13.2 Å². The van der Waals surface area contributed by atoms with Crippen LogP contribution in [0.15, 0.2) is 0 Å². The fourth-order valence-electron chi connectivity index (χ4n) is 2.64. The van der Waals surface area contributed by atoms with E-state index in [1.807, 2.05) is 6.92 Å². The van der Waals surface area contributed by atoms with Crippen LogP contribution < -0.4 is 0 Å². The molecule has 0 amide bonds. The molecule has 2 aromatic rings. The maximum Gasteiger partial charge on any atom is 0.391 e. The lowest BCUT2D eigenvalue weighted by Crippen LogP contribution is -2.19. The first-order valence-corrected chi connectivity index (χ1v) is 7.37. The highest BCUT2D eigenvalue weighted by Gasteiger charge is 2.33. The van der Waals surface area contributed by atoms with E-state index < -0.39 is 18.6 Å². The summed E-state index contributed by atoms with van der Waals surface area (Å²) < 4.78 is 41.3. The second kappa shape index (κ2) is 5.87. The monoisotopic (exact) mass is 322 g/mol. The van der Waals surface area contributed by atoms with Crippen LogP contribution in [0.3, 0.4) is 0 Å². The molecule has 0 saturated carbocycles. The maximum atomic E-state index is 12.7. The number of alkyl halides is 4. The maximum absolute atomic E-state index is 12.7. The molecule has 0 aromatic carbocycles.